The van der Waals surface area contributed by atoms with Gasteiger partial charge in [0.1, 0.15) is 0 Å². The third-order valence-corrected chi connectivity index (χ3v) is 3.56. The molecule has 1 aromatic rings. The molecular formula is C13H16BrNO4. The summed E-state index contributed by atoms with van der Waals surface area (Å²) in [4.78, 5) is 10.9. The van der Waals surface area contributed by atoms with Crippen LogP contribution in [0.4, 0.5) is 0 Å². The van der Waals surface area contributed by atoms with Crippen molar-refractivity contribution >= 4 is 21.9 Å². The molecule has 0 unspecified atom stereocenters. The molecule has 1 heterocycles. The molecule has 0 aromatic heterocycles. The van der Waals surface area contributed by atoms with Crippen LogP contribution in [0, 0.1) is 0 Å². The van der Waals surface area contributed by atoms with E-state index in [0.717, 1.165) is 34.5 Å². The van der Waals surface area contributed by atoms with E-state index >= 15 is 0 Å². The third kappa shape index (κ3) is 3.84. The van der Waals surface area contributed by atoms with Crippen LogP contribution in [0.3, 0.4) is 0 Å². The van der Waals surface area contributed by atoms with Crippen molar-refractivity contribution in [2.45, 2.75) is 19.4 Å². The monoisotopic (exact) mass is 329 g/mol. The van der Waals surface area contributed by atoms with Crippen LogP contribution in [0.2, 0.25) is 0 Å². The molecule has 5 nitrogen and oxygen atoms in total. The van der Waals surface area contributed by atoms with Gasteiger partial charge >= 0.3 is 5.97 Å². The number of carbonyl (C=O) groups excluding carboxylic acids is 1. The van der Waals surface area contributed by atoms with E-state index in [1.54, 1.807) is 0 Å². The number of fused-ring (bicyclic) bond motifs is 1. The predicted molar refractivity (Wildman–Crippen MR) is 73.2 cm³/mol. The van der Waals surface area contributed by atoms with Crippen LogP contribution >= 0.6 is 15.9 Å². The second-order valence-corrected chi connectivity index (χ2v) is 5.01. The van der Waals surface area contributed by atoms with Crippen LogP contribution in [-0.2, 0) is 16.1 Å². The second kappa shape index (κ2) is 6.77. The summed E-state index contributed by atoms with van der Waals surface area (Å²) in [6.45, 7) is 1.74. The van der Waals surface area contributed by atoms with E-state index in [4.69, 9.17) is 9.47 Å². The van der Waals surface area contributed by atoms with Gasteiger partial charge in [-0.2, -0.15) is 0 Å². The van der Waals surface area contributed by atoms with E-state index in [1.807, 2.05) is 12.1 Å². The fraction of sp³-hybridized carbons (Fsp3) is 0.462. The molecule has 0 aliphatic carbocycles. The zero-order valence-electron chi connectivity index (χ0n) is 10.7. The molecule has 1 N–H and O–H groups in total. The first-order valence-electron chi connectivity index (χ1n) is 6.06. The van der Waals surface area contributed by atoms with Crippen LogP contribution in [0.1, 0.15) is 18.4 Å². The van der Waals surface area contributed by atoms with E-state index in [1.165, 1.54) is 7.11 Å². The second-order valence-electron chi connectivity index (χ2n) is 4.15. The molecule has 1 aromatic carbocycles. The molecule has 2 rings (SSSR count). The zero-order chi connectivity index (χ0) is 13.7. The van der Waals surface area contributed by atoms with Crippen molar-refractivity contribution in [2.24, 2.45) is 0 Å². The van der Waals surface area contributed by atoms with Gasteiger partial charge in [-0.15, -0.1) is 0 Å². The Bertz CT molecular complexity index is 464. The van der Waals surface area contributed by atoms with Crippen LogP contribution in [0.25, 0.3) is 0 Å². The molecule has 0 saturated heterocycles. The Balaban J connectivity index is 1.78. The van der Waals surface area contributed by atoms with Crippen molar-refractivity contribution in [3.63, 3.8) is 0 Å². The molecular weight excluding hydrogens is 314 g/mol. The number of methoxy groups -OCH3 is 1. The van der Waals surface area contributed by atoms with Crippen LogP contribution in [-0.4, -0.2) is 26.4 Å². The quantitative estimate of drug-likeness (QED) is 0.640. The SMILES string of the molecule is COC(=O)CCCNCc1cc2c(cc1Br)OCO2. The van der Waals surface area contributed by atoms with Gasteiger partial charge in [-0.25, -0.2) is 0 Å². The van der Waals surface area contributed by atoms with E-state index in [9.17, 15) is 4.79 Å². The summed E-state index contributed by atoms with van der Waals surface area (Å²) in [5.74, 6) is 1.36. The Morgan fingerprint density at radius 3 is 2.89 bits per heavy atom. The summed E-state index contributed by atoms with van der Waals surface area (Å²) >= 11 is 3.50. The van der Waals surface area contributed by atoms with E-state index in [2.05, 4.69) is 26.0 Å². The molecule has 0 bridgehead atoms. The average molecular weight is 330 g/mol. The number of hydrogen-bond donors (Lipinski definition) is 1. The lowest BCUT2D eigenvalue weighted by Gasteiger charge is -2.08. The van der Waals surface area contributed by atoms with E-state index in [-0.39, 0.29) is 12.8 Å². The highest BCUT2D eigenvalue weighted by atomic mass is 79.9. The molecule has 0 saturated carbocycles. The van der Waals surface area contributed by atoms with Gasteiger partial charge in [0.2, 0.25) is 6.79 Å². The van der Waals surface area contributed by atoms with Crippen LogP contribution in [0.5, 0.6) is 11.5 Å². The molecule has 0 amide bonds. The van der Waals surface area contributed by atoms with Gasteiger partial charge in [-0.3, -0.25) is 4.79 Å². The fourth-order valence-electron chi connectivity index (χ4n) is 1.78. The highest BCUT2D eigenvalue weighted by molar-refractivity contribution is 9.10. The van der Waals surface area contributed by atoms with E-state index < -0.39 is 0 Å². The van der Waals surface area contributed by atoms with E-state index in [0.29, 0.717) is 13.0 Å². The van der Waals surface area contributed by atoms with Gasteiger partial charge in [0.15, 0.2) is 11.5 Å². The minimum absolute atomic E-state index is 0.175. The molecule has 104 valence electrons. The summed E-state index contributed by atoms with van der Waals surface area (Å²) in [5.41, 5.74) is 1.10. The Morgan fingerprint density at radius 2 is 2.16 bits per heavy atom. The van der Waals surface area contributed by atoms with Crippen molar-refractivity contribution in [2.75, 3.05) is 20.4 Å². The zero-order valence-corrected chi connectivity index (χ0v) is 12.3. The maximum Gasteiger partial charge on any atom is 0.305 e. The number of benzene rings is 1. The first-order valence-corrected chi connectivity index (χ1v) is 6.85. The Hall–Kier alpha value is -1.27. The Labute approximate surface area is 120 Å². The summed E-state index contributed by atoms with van der Waals surface area (Å²) in [7, 11) is 1.40. The van der Waals surface area contributed by atoms with Crippen molar-refractivity contribution in [1.29, 1.82) is 0 Å². The molecule has 0 radical (unpaired) electrons. The van der Waals surface area contributed by atoms with Crippen LogP contribution < -0.4 is 14.8 Å². The molecule has 6 heteroatoms. The third-order valence-electron chi connectivity index (χ3n) is 2.82. The predicted octanol–water partition coefficient (Wildman–Crippen LogP) is 2.22. The van der Waals surface area contributed by atoms with Gasteiger partial charge in [0, 0.05) is 17.4 Å². The van der Waals surface area contributed by atoms with Gasteiger partial charge in [-0.05, 0) is 30.7 Å². The largest absolute Gasteiger partial charge is 0.469 e. The highest BCUT2D eigenvalue weighted by Gasteiger charge is 2.15. The van der Waals surface area contributed by atoms with Crippen molar-refractivity contribution in [3.8, 4) is 11.5 Å². The van der Waals surface area contributed by atoms with Gasteiger partial charge in [0.05, 0.1) is 7.11 Å². The van der Waals surface area contributed by atoms with Crippen molar-refractivity contribution in [1.82, 2.24) is 5.32 Å². The summed E-state index contributed by atoms with van der Waals surface area (Å²) in [6, 6.07) is 3.87. The molecule has 1 aliphatic rings. The highest BCUT2D eigenvalue weighted by Crippen LogP contribution is 2.36. The number of esters is 1. The molecule has 19 heavy (non-hydrogen) atoms. The number of carbonyl (C=O) groups is 1. The first kappa shape index (κ1) is 14.1. The van der Waals surface area contributed by atoms with Crippen molar-refractivity contribution < 1.29 is 19.0 Å². The molecule has 1 aliphatic heterocycles. The summed E-state index contributed by atoms with van der Waals surface area (Å²) < 4.78 is 16.2. The Morgan fingerprint density at radius 1 is 1.42 bits per heavy atom. The molecule has 0 atom stereocenters. The lowest BCUT2D eigenvalue weighted by Crippen LogP contribution is -2.16. The average Bonchev–Trinajstić information content (AvgIpc) is 2.85. The number of hydrogen-bond acceptors (Lipinski definition) is 5. The molecule has 0 fully saturated rings. The summed E-state index contributed by atoms with van der Waals surface area (Å²) in [5, 5.41) is 3.28. The Kier molecular flexibility index (Phi) is 5.04. The minimum atomic E-state index is -0.175. The maximum absolute atomic E-state index is 10.9. The number of rotatable bonds is 6. The first-order chi connectivity index (χ1) is 9.20. The lowest BCUT2D eigenvalue weighted by molar-refractivity contribution is -0.140. The maximum atomic E-state index is 10.9. The molecule has 0 spiro atoms. The normalized spacial score (nSPS) is 12.5. The van der Waals surface area contributed by atoms with Crippen molar-refractivity contribution in [3.05, 3.63) is 22.2 Å². The standard InChI is InChI=1S/C13H16BrNO4/c1-17-13(16)3-2-4-15-7-9-5-11-12(6-10(9)14)19-8-18-11/h5-6,15H,2-4,7-8H2,1H3. The van der Waals surface area contributed by atoms with Gasteiger partial charge in [-0.1, -0.05) is 15.9 Å². The topological polar surface area (TPSA) is 56.8 Å². The van der Waals surface area contributed by atoms with Gasteiger partial charge in [0.25, 0.3) is 0 Å². The fourth-order valence-corrected chi connectivity index (χ4v) is 2.24. The lowest BCUT2D eigenvalue weighted by atomic mass is 10.2. The van der Waals surface area contributed by atoms with Gasteiger partial charge < -0.3 is 19.5 Å². The minimum Gasteiger partial charge on any atom is -0.469 e. The number of ether oxygens (including phenoxy) is 3. The smallest absolute Gasteiger partial charge is 0.305 e. The van der Waals surface area contributed by atoms with Crippen LogP contribution in [0.15, 0.2) is 16.6 Å². The number of nitrogens with one attached hydrogen (secondary N) is 1. The number of halogens is 1. The summed E-state index contributed by atoms with van der Waals surface area (Å²) in [6.07, 6.45) is 1.20.